The molecule has 24 heavy (non-hydrogen) atoms. The van der Waals surface area contributed by atoms with Crippen LogP contribution in [0.15, 0.2) is 12.1 Å². The fraction of sp³-hybridized carbons (Fsp3) is 0.500. The number of aryl methyl sites for hydroxylation is 2. The molecular formula is C18H25NO5. The minimum Gasteiger partial charge on any atom is -0.462 e. The lowest BCUT2D eigenvalue weighted by molar-refractivity contribution is -0.155. The van der Waals surface area contributed by atoms with E-state index >= 15 is 0 Å². The van der Waals surface area contributed by atoms with Crippen LogP contribution in [0.5, 0.6) is 0 Å². The number of carbonyl (C=O) groups is 3. The zero-order valence-electron chi connectivity index (χ0n) is 15.1. The molecule has 6 nitrogen and oxygen atoms in total. The number of esters is 2. The van der Waals surface area contributed by atoms with Gasteiger partial charge in [0.2, 0.25) is 5.91 Å². The van der Waals surface area contributed by atoms with Gasteiger partial charge in [-0.2, -0.15) is 0 Å². The van der Waals surface area contributed by atoms with E-state index in [1.165, 1.54) is 0 Å². The topological polar surface area (TPSA) is 81.7 Å². The highest BCUT2D eigenvalue weighted by Gasteiger charge is 2.21. The predicted molar refractivity (Wildman–Crippen MR) is 91.0 cm³/mol. The normalized spacial score (nSPS) is 10.9. The van der Waals surface area contributed by atoms with Crippen LogP contribution in [-0.2, 0) is 19.1 Å². The van der Waals surface area contributed by atoms with Crippen molar-refractivity contribution in [3.05, 3.63) is 28.8 Å². The van der Waals surface area contributed by atoms with Crippen LogP contribution < -0.4 is 5.32 Å². The van der Waals surface area contributed by atoms with Gasteiger partial charge in [0.25, 0.3) is 0 Å². The molecule has 0 heterocycles. The lowest BCUT2D eigenvalue weighted by Gasteiger charge is -2.19. The Bertz CT molecular complexity index is 644. The summed E-state index contributed by atoms with van der Waals surface area (Å²) < 4.78 is 10.1. The summed E-state index contributed by atoms with van der Waals surface area (Å²) in [7, 11) is 0. The number of nitrogens with one attached hydrogen (secondary N) is 1. The highest BCUT2D eigenvalue weighted by atomic mass is 16.6. The van der Waals surface area contributed by atoms with Crippen LogP contribution in [0.2, 0.25) is 0 Å². The van der Waals surface area contributed by atoms with Crippen molar-refractivity contribution in [2.45, 2.75) is 53.6 Å². The Kier molecular flexibility index (Phi) is 6.51. The lowest BCUT2D eigenvalue weighted by atomic mass is 10.0. The zero-order chi connectivity index (χ0) is 18.5. The number of hydrogen-bond acceptors (Lipinski definition) is 5. The van der Waals surface area contributed by atoms with Crippen molar-refractivity contribution >= 4 is 23.5 Å². The number of ether oxygens (including phenoxy) is 2. The van der Waals surface area contributed by atoms with E-state index in [0.717, 1.165) is 11.1 Å². The zero-order valence-corrected chi connectivity index (χ0v) is 15.1. The average Bonchev–Trinajstić information content (AvgIpc) is 2.39. The Balaban J connectivity index is 2.95. The van der Waals surface area contributed by atoms with E-state index in [-0.39, 0.29) is 12.2 Å². The third-order valence-corrected chi connectivity index (χ3v) is 2.96. The summed E-state index contributed by atoms with van der Waals surface area (Å²) in [6.45, 7) is 10.8. The van der Waals surface area contributed by atoms with Crippen molar-refractivity contribution in [2.24, 2.45) is 0 Å². The summed E-state index contributed by atoms with van der Waals surface area (Å²) in [5.41, 5.74) is 1.56. The molecule has 132 valence electrons. The molecule has 1 aromatic rings. The van der Waals surface area contributed by atoms with E-state index in [2.05, 4.69) is 5.32 Å². The number of benzene rings is 1. The van der Waals surface area contributed by atoms with Gasteiger partial charge in [-0.25, -0.2) is 4.79 Å². The maximum atomic E-state index is 12.1. The summed E-state index contributed by atoms with van der Waals surface area (Å²) >= 11 is 0. The second-order valence-electron chi connectivity index (χ2n) is 6.54. The van der Waals surface area contributed by atoms with Crippen molar-refractivity contribution in [1.82, 2.24) is 0 Å². The van der Waals surface area contributed by atoms with Crippen LogP contribution in [0.3, 0.4) is 0 Å². The van der Waals surface area contributed by atoms with Gasteiger partial charge < -0.3 is 14.8 Å². The maximum Gasteiger partial charge on any atom is 0.340 e. The molecule has 0 atom stereocenters. The largest absolute Gasteiger partial charge is 0.462 e. The van der Waals surface area contributed by atoms with E-state index in [1.54, 1.807) is 40.7 Å². The van der Waals surface area contributed by atoms with Gasteiger partial charge in [0.05, 0.1) is 17.9 Å². The fourth-order valence-electron chi connectivity index (χ4n) is 2.20. The van der Waals surface area contributed by atoms with Gasteiger partial charge >= 0.3 is 11.9 Å². The van der Waals surface area contributed by atoms with Crippen LogP contribution in [0.25, 0.3) is 0 Å². The fourth-order valence-corrected chi connectivity index (χ4v) is 2.20. The minimum absolute atomic E-state index is 0.233. The van der Waals surface area contributed by atoms with Gasteiger partial charge in [-0.3, -0.25) is 9.59 Å². The molecule has 0 fully saturated rings. The van der Waals surface area contributed by atoms with Crippen LogP contribution >= 0.6 is 0 Å². The van der Waals surface area contributed by atoms with Crippen molar-refractivity contribution in [2.75, 3.05) is 11.9 Å². The molecule has 0 spiro atoms. The summed E-state index contributed by atoms with van der Waals surface area (Å²) in [5, 5.41) is 2.62. The summed E-state index contributed by atoms with van der Waals surface area (Å²) in [5.74, 6) is -1.68. The maximum absolute atomic E-state index is 12.1. The van der Waals surface area contributed by atoms with Crippen LogP contribution in [0.1, 0.15) is 55.6 Å². The number of anilines is 1. The molecule has 1 rings (SSSR count). The van der Waals surface area contributed by atoms with Crippen LogP contribution in [0.4, 0.5) is 5.69 Å². The smallest absolute Gasteiger partial charge is 0.340 e. The monoisotopic (exact) mass is 335 g/mol. The summed E-state index contributed by atoms with van der Waals surface area (Å²) in [4.78, 5) is 36.0. The molecule has 1 aromatic carbocycles. The first kappa shape index (κ1) is 19.7. The van der Waals surface area contributed by atoms with Gasteiger partial charge in [-0.15, -0.1) is 0 Å². The molecular weight excluding hydrogens is 310 g/mol. The van der Waals surface area contributed by atoms with Crippen molar-refractivity contribution in [1.29, 1.82) is 0 Å². The number of rotatable bonds is 5. The van der Waals surface area contributed by atoms with Crippen molar-refractivity contribution in [3.63, 3.8) is 0 Å². The molecule has 1 amide bonds. The highest BCUT2D eigenvalue weighted by molar-refractivity contribution is 6.06. The predicted octanol–water partition coefficient (Wildman–Crippen LogP) is 3.15. The van der Waals surface area contributed by atoms with Crippen LogP contribution in [-0.4, -0.2) is 30.1 Å². The number of carbonyl (C=O) groups excluding carboxylic acids is 3. The molecule has 0 aromatic heterocycles. The van der Waals surface area contributed by atoms with E-state index < -0.39 is 29.9 Å². The Morgan fingerprint density at radius 2 is 1.75 bits per heavy atom. The standard InChI is InChI=1S/C18H25NO5/c1-7-23-17(22)13-9-11(2)8-12(3)16(13)19-14(20)10-15(21)24-18(4,5)6/h8-9H,7,10H2,1-6H3,(H,19,20). The minimum atomic E-state index is -0.659. The van der Waals surface area contributed by atoms with Gasteiger partial charge in [0.15, 0.2) is 0 Å². The molecule has 0 saturated heterocycles. The molecule has 0 radical (unpaired) electrons. The molecule has 0 bridgehead atoms. The second-order valence-corrected chi connectivity index (χ2v) is 6.54. The Labute approximate surface area is 142 Å². The Hall–Kier alpha value is -2.37. The average molecular weight is 335 g/mol. The molecule has 1 N–H and O–H groups in total. The van der Waals surface area contributed by atoms with Crippen molar-refractivity contribution < 1.29 is 23.9 Å². The van der Waals surface area contributed by atoms with Gasteiger partial charge in [-0.1, -0.05) is 6.07 Å². The Morgan fingerprint density at radius 1 is 1.12 bits per heavy atom. The number of hydrogen-bond donors (Lipinski definition) is 1. The summed E-state index contributed by atoms with van der Waals surface area (Å²) in [6, 6.07) is 3.49. The Morgan fingerprint density at radius 3 is 2.29 bits per heavy atom. The highest BCUT2D eigenvalue weighted by Crippen LogP contribution is 2.24. The first-order valence-electron chi connectivity index (χ1n) is 7.83. The number of amides is 1. The van der Waals surface area contributed by atoms with E-state index in [1.807, 2.05) is 13.0 Å². The van der Waals surface area contributed by atoms with Gasteiger partial charge in [0.1, 0.15) is 12.0 Å². The molecule has 0 saturated carbocycles. The first-order chi connectivity index (χ1) is 11.0. The molecule has 0 unspecified atom stereocenters. The SMILES string of the molecule is CCOC(=O)c1cc(C)cc(C)c1NC(=O)CC(=O)OC(C)(C)C. The van der Waals surface area contributed by atoms with E-state index in [4.69, 9.17) is 9.47 Å². The second kappa shape index (κ2) is 7.95. The van der Waals surface area contributed by atoms with E-state index in [9.17, 15) is 14.4 Å². The quantitative estimate of drug-likeness (QED) is 0.660. The lowest BCUT2D eigenvalue weighted by Crippen LogP contribution is -2.27. The third kappa shape index (κ3) is 6.02. The van der Waals surface area contributed by atoms with Gasteiger partial charge in [0, 0.05) is 0 Å². The summed E-state index contributed by atoms with van der Waals surface area (Å²) in [6.07, 6.45) is -0.424. The molecule has 0 aliphatic carbocycles. The van der Waals surface area contributed by atoms with E-state index in [0.29, 0.717) is 5.69 Å². The van der Waals surface area contributed by atoms with Crippen LogP contribution in [0, 0.1) is 13.8 Å². The third-order valence-electron chi connectivity index (χ3n) is 2.96. The molecule has 0 aliphatic rings. The molecule has 0 aliphatic heterocycles. The van der Waals surface area contributed by atoms with Gasteiger partial charge in [-0.05, 0) is 58.7 Å². The first-order valence-corrected chi connectivity index (χ1v) is 7.83. The molecule has 6 heteroatoms. The van der Waals surface area contributed by atoms with Crippen molar-refractivity contribution in [3.8, 4) is 0 Å².